The van der Waals surface area contributed by atoms with Gasteiger partial charge in [-0.3, -0.25) is 9.59 Å². The van der Waals surface area contributed by atoms with Crippen LogP contribution in [-0.2, 0) is 14.3 Å². The van der Waals surface area contributed by atoms with Crippen molar-refractivity contribution < 1.29 is 19.4 Å². The Hall–Kier alpha value is -1.88. The second-order valence-electron chi connectivity index (χ2n) is 4.62. The Kier molecular flexibility index (Phi) is 4.16. The van der Waals surface area contributed by atoms with Crippen molar-refractivity contribution >= 4 is 11.9 Å². The summed E-state index contributed by atoms with van der Waals surface area (Å²) in [6, 6.07) is 7.15. The van der Waals surface area contributed by atoms with E-state index in [-0.39, 0.29) is 18.4 Å². The van der Waals surface area contributed by atoms with E-state index in [4.69, 9.17) is 4.74 Å². The zero-order chi connectivity index (χ0) is 13.8. The Morgan fingerprint density at radius 3 is 2.68 bits per heavy atom. The highest BCUT2D eigenvalue weighted by Crippen LogP contribution is 2.40. The summed E-state index contributed by atoms with van der Waals surface area (Å²) in [4.78, 5) is 22.9. The smallest absolute Gasteiger partial charge is 0.311 e. The zero-order valence-electron chi connectivity index (χ0n) is 10.8. The van der Waals surface area contributed by atoms with Crippen LogP contribution in [0.25, 0.3) is 0 Å². The van der Waals surface area contributed by atoms with Gasteiger partial charge in [-0.2, -0.15) is 0 Å². The molecule has 1 aromatic carbocycles. The summed E-state index contributed by atoms with van der Waals surface area (Å²) in [6.45, 7) is 0.364. The molecule has 2 unspecified atom stereocenters. The molecule has 2 atom stereocenters. The lowest BCUT2D eigenvalue weighted by atomic mass is 10.0. The Morgan fingerprint density at radius 1 is 1.37 bits per heavy atom. The van der Waals surface area contributed by atoms with Gasteiger partial charge in [0.2, 0.25) is 5.91 Å². The van der Waals surface area contributed by atoms with Gasteiger partial charge >= 0.3 is 5.97 Å². The SMILES string of the molecule is COCCC(=O)NC1CC(C(=O)O)c2ccccc21. The number of amides is 1. The van der Waals surface area contributed by atoms with Crippen LogP contribution in [-0.4, -0.2) is 30.7 Å². The number of carboxylic acids is 1. The molecule has 0 bridgehead atoms. The van der Waals surface area contributed by atoms with Crippen LogP contribution in [0.4, 0.5) is 0 Å². The topological polar surface area (TPSA) is 75.6 Å². The van der Waals surface area contributed by atoms with Crippen LogP contribution in [0.3, 0.4) is 0 Å². The molecule has 102 valence electrons. The summed E-state index contributed by atoms with van der Waals surface area (Å²) < 4.78 is 4.85. The molecule has 2 rings (SSSR count). The van der Waals surface area contributed by atoms with Crippen LogP contribution in [0.5, 0.6) is 0 Å². The van der Waals surface area contributed by atoms with Gasteiger partial charge in [0.1, 0.15) is 0 Å². The molecule has 5 nitrogen and oxygen atoms in total. The lowest BCUT2D eigenvalue weighted by Gasteiger charge is -2.13. The predicted octanol–water partition coefficient (Wildman–Crippen LogP) is 1.45. The molecule has 0 heterocycles. The first-order valence-electron chi connectivity index (χ1n) is 6.23. The molecule has 5 heteroatoms. The minimum atomic E-state index is -0.846. The summed E-state index contributed by atoms with van der Waals surface area (Å²) in [5, 5.41) is 12.1. The first-order chi connectivity index (χ1) is 9.13. The van der Waals surface area contributed by atoms with Crippen LogP contribution in [0.1, 0.15) is 35.9 Å². The molecule has 0 aromatic heterocycles. The summed E-state index contributed by atoms with van der Waals surface area (Å²) in [5.41, 5.74) is 1.70. The number of hydrogen-bond donors (Lipinski definition) is 2. The normalized spacial score (nSPS) is 20.9. The molecule has 1 aliphatic carbocycles. The summed E-state index contributed by atoms with van der Waals surface area (Å²) in [5.74, 6) is -1.50. The molecule has 1 aromatic rings. The maximum absolute atomic E-state index is 11.7. The number of hydrogen-bond acceptors (Lipinski definition) is 3. The van der Waals surface area contributed by atoms with Gasteiger partial charge in [-0.15, -0.1) is 0 Å². The number of fused-ring (bicyclic) bond motifs is 1. The van der Waals surface area contributed by atoms with Gasteiger partial charge in [0.15, 0.2) is 0 Å². The van der Waals surface area contributed by atoms with Crippen molar-refractivity contribution in [1.29, 1.82) is 0 Å². The van der Waals surface area contributed by atoms with Gasteiger partial charge < -0.3 is 15.2 Å². The number of methoxy groups -OCH3 is 1. The van der Waals surface area contributed by atoms with Gasteiger partial charge in [0, 0.05) is 13.5 Å². The van der Waals surface area contributed by atoms with Crippen molar-refractivity contribution in [3.63, 3.8) is 0 Å². The molecular weight excluding hydrogens is 246 g/mol. The minimum absolute atomic E-state index is 0.118. The first kappa shape index (κ1) is 13.5. The van der Waals surface area contributed by atoms with Crippen LogP contribution >= 0.6 is 0 Å². The molecule has 0 saturated heterocycles. The quantitative estimate of drug-likeness (QED) is 0.843. The predicted molar refractivity (Wildman–Crippen MR) is 68.8 cm³/mol. The van der Waals surface area contributed by atoms with Crippen molar-refractivity contribution in [2.45, 2.75) is 24.8 Å². The lowest BCUT2D eigenvalue weighted by Crippen LogP contribution is -2.28. The van der Waals surface area contributed by atoms with Gasteiger partial charge in [0.25, 0.3) is 0 Å². The van der Waals surface area contributed by atoms with E-state index >= 15 is 0 Å². The number of carbonyl (C=O) groups excluding carboxylic acids is 1. The fraction of sp³-hybridized carbons (Fsp3) is 0.429. The number of carbonyl (C=O) groups is 2. The second kappa shape index (κ2) is 5.84. The fourth-order valence-corrected chi connectivity index (χ4v) is 2.47. The van der Waals surface area contributed by atoms with E-state index in [1.54, 1.807) is 7.11 Å². The Balaban J connectivity index is 2.12. The van der Waals surface area contributed by atoms with Crippen molar-refractivity contribution in [3.05, 3.63) is 35.4 Å². The number of rotatable bonds is 5. The molecule has 1 aliphatic rings. The Bertz CT molecular complexity index is 486. The molecule has 0 aliphatic heterocycles. The molecule has 0 radical (unpaired) electrons. The fourth-order valence-electron chi connectivity index (χ4n) is 2.47. The molecule has 0 fully saturated rings. The molecule has 1 amide bonds. The van der Waals surface area contributed by atoms with Gasteiger partial charge in [0.05, 0.1) is 18.6 Å². The molecular formula is C14H17NO4. The average Bonchev–Trinajstić information content (AvgIpc) is 2.76. The van der Waals surface area contributed by atoms with Gasteiger partial charge in [-0.25, -0.2) is 0 Å². The Morgan fingerprint density at radius 2 is 2.05 bits per heavy atom. The maximum atomic E-state index is 11.7. The Labute approximate surface area is 111 Å². The summed E-state index contributed by atoms with van der Waals surface area (Å²) in [7, 11) is 1.54. The lowest BCUT2D eigenvalue weighted by molar-refractivity contribution is -0.139. The second-order valence-corrected chi connectivity index (χ2v) is 4.62. The van der Waals surface area contributed by atoms with Crippen molar-refractivity contribution in [1.82, 2.24) is 5.32 Å². The van der Waals surface area contributed by atoms with Crippen LogP contribution in [0.15, 0.2) is 24.3 Å². The molecule has 0 saturated carbocycles. The third-order valence-corrected chi connectivity index (χ3v) is 3.38. The van der Waals surface area contributed by atoms with E-state index in [0.717, 1.165) is 11.1 Å². The van der Waals surface area contributed by atoms with E-state index in [1.807, 2.05) is 24.3 Å². The highest BCUT2D eigenvalue weighted by atomic mass is 16.5. The van der Waals surface area contributed by atoms with Crippen LogP contribution in [0.2, 0.25) is 0 Å². The van der Waals surface area contributed by atoms with E-state index in [2.05, 4.69) is 5.32 Å². The van der Waals surface area contributed by atoms with E-state index in [9.17, 15) is 14.7 Å². The standard InChI is InChI=1S/C14H17NO4/c1-19-7-6-13(16)15-12-8-11(14(17)18)9-4-2-3-5-10(9)12/h2-5,11-12H,6-8H2,1H3,(H,15,16)(H,17,18). The molecule has 0 spiro atoms. The van der Waals surface area contributed by atoms with Gasteiger partial charge in [-0.1, -0.05) is 24.3 Å². The van der Waals surface area contributed by atoms with Gasteiger partial charge in [-0.05, 0) is 17.5 Å². The molecule has 19 heavy (non-hydrogen) atoms. The number of ether oxygens (including phenoxy) is 1. The van der Waals surface area contributed by atoms with Crippen molar-refractivity contribution in [3.8, 4) is 0 Å². The highest BCUT2D eigenvalue weighted by Gasteiger charge is 2.35. The number of benzene rings is 1. The zero-order valence-corrected chi connectivity index (χ0v) is 10.8. The van der Waals surface area contributed by atoms with Crippen molar-refractivity contribution in [2.75, 3.05) is 13.7 Å². The number of nitrogens with one attached hydrogen (secondary N) is 1. The van der Waals surface area contributed by atoms with E-state index in [0.29, 0.717) is 13.0 Å². The average molecular weight is 263 g/mol. The number of aliphatic carboxylic acids is 1. The molecule has 2 N–H and O–H groups in total. The third-order valence-electron chi connectivity index (χ3n) is 3.38. The van der Waals surface area contributed by atoms with E-state index < -0.39 is 11.9 Å². The summed E-state index contributed by atoms with van der Waals surface area (Å²) >= 11 is 0. The van der Waals surface area contributed by atoms with Crippen LogP contribution < -0.4 is 5.32 Å². The maximum Gasteiger partial charge on any atom is 0.311 e. The monoisotopic (exact) mass is 263 g/mol. The first-order valence-corrected chi connectivity index (χ1v) is 6.23. The minimum Gasteiger partial charge on any atom is -0.481 e. The summed E-state index contributed by atoms with van der Waals surface area (Å²) in [6.07, 6.45) is 0.695. The largest absolute Gasteiger partial charge is 0.481 e. The number of carboxylic acid groups (broad SMARTS) is 1. The highest BCUT2D eigenvalue weighted by molar-refractivity contribution is 5.80. The van der Waals surface area contributed by atoms with Crippen molar-refractivity contribution in [2.24, 2.45) is 0 Å². The third kappa shape index (κ3) is 2.93. The van der Waals surface area contributed by atoms with Crippen LogP contribution in [0, 0.1) is 0 Å². The van der Waals surface area contributed by atoms with E-state index in [1.165, 1.54) is 0 Å².